The van der Waals surface area contributed by atoms with Crippen molar-refractivity contribution in [2.75, 3.05) is 0 Å². The summed E-state index contributed by atoms with van der Waals surface area (Å²) in [6.45, 7) is 1.76. The molecule has 0 bridgehead atoms. The van der Waals surface area contributed by atoms with Crippen LogP contribution in [0.4, 0.5) is 0 Å². The fourth-order valence-corrected chi connectivity index (χ4v) is 3.70. The standard InChI is InChI=1S/C20H19ClN4O2/c1-11-9-12(3-5-14(11)17(22)26)18(27)25-20(7-2-8-20)19-23-15-6-4-13(21)10-16(15)24-19/h3-6,9-10H,2,7-8H2,1H3,(H2,22,26)(H,23,24)(H,25,27). The van der Waals surface area contributed by atoms with E-state index in [9.17, 15) is 9.59 Å². The number of fused-ring (bicyclic) bond motifs is 1. The van der Waals surface area contributed by atoms with Crippen LogP contribution in [0.25, 0.3) is 11.0 Å². The van der Waals surface area contributed by atoms with Gasteiger partial charge in [0.15, 0.2) is 0 Å². The van der Waals surface area contributed by atoms with E-state index in [0.29, 0.717) is 21.7 Å². The number of aromatic amines is 1. The van der Waals surface area contributed by atoms with Crippen LogP contribution in [0.1, 0.15) is 51.4 Å². The van der Waals surface area contributed by atoms with Crippen molar-refractivity contribution in [3.05, 3.63) is 63.9 Å². The zero-order valence-corrected chi connectivity index (χ0v) is 15.6. The largest absolute Gasteiger partial charge is 0.366 e. The van der Waals surface area contributed by atoms with Crippen molar-refractivity contribution < 1.29 is 9.59 Å². The molecular formula is C20H19ClN4O2. The Morgan fingerprint density at radius 2 is 2.00 bits per heavy atom. The molecule has 1 heterocycles. The lowest BCUT2D eigenvalue weighted by molar-refractivity contribution is 0.0810. The third kappa shape index (κ3) is 3.06. The molecule has 1 fully saturated rings. The van der Waals surface area contributed by atoms with E-state index >= 15 is 0 Å². The highest BCUT2D eigenvalue weighted by Gasteiger charge is 2.43. The Morgan fingerprint density at radius 1 is 1.22 bits per heavy atom. The summed E-state index contributed by atoms with van der Waals surface area (Å²) in [4.78, 5) is 32.2. The number of H-pyrrole nitrogens is 1. The molecule has 3 aromatic rings. The molecule has 0 spiro atoms. The number of hydrogen-bond donors (Lipinski definition) is 3. The Kier molecular flexibility index (Phi) is 4.15. The lowest BCUT2D eigenvalue weighted by Gasteiger charge is -2.40. The predicted octanol–water partition coefficient (Wildman–Crippen LogP) is 3.43. The zero-order valence-electron chi connectivity index (χ0n) is 14.8. The Morgan fingerprint density at radius 3 is 2.63 bits per heavy atom. The SMILES string of the molecule is Cc1cc(C(=O)NC2(c3nc4ccc(Cl)cc4[nH]3)CCC2)ccc1C(N)=O. The van der Waals surface area contributed by atoms with E-state index in [1.54, 1.807) is 31.2 Å². The second kappa shape index (κ2) is 6.39. The van der Waals surface area contributed by atoms with Gasteiger partial charge in [0.2, 0.25) is 5.91 Å². The number of benzene rings is 2. The molecule has 1 aromatic heterocycles. The number of nitrogens with one attached hydrogen (secondary N) is 2. The number of halogens is 1. The lowest BCUT2D eigenvalue weighted by Crippen LogP contribution is -2.51. The monoisotopic (exact) mass is 382 g/mol. The molecule has 0 unspecified atom stereocenters. The van der Waals surface area contributed by atoms with Crippen molar-refractivity contribution in [2.24, 2.45) is 5.73 Å². The molecule has 0 radical (unpaired) electrons. The summed E-state index contributed by atoms with van der Waals surface area (Å²) >= 11 is 6.05. The maximum absolute atomic E-state index is 12.8. The molecule has 0 aliphatic heterocycles. The molecule has 0 saturated heterocycles. The summed E-state index contributed by atoms with van der Waals surface area (Å²) in [7, 11) is 0. The van der Waals surface area contributed by atoms with Gasteiger partial charge in [0, 0.05) is 16.1 Å². The number of nitrogens with two attached hydrogens (primary N) is 1. The van der Waals surface area contributed by atoms with Crippen LogP contribution in [0, 0.1) is 6.92 Å². The number of aryl methyl sites for hydroxylation is 1. The first-order chi connectivity index (χ1) is 12.9. The molecular weight excluding hydrogens is 364 g/mol. The number of amides is 2. The van der Waals surface area contributed by atoms with Crippen LogP contribution in [0.5, 0.6) is 0 Å². The Hall–Kier alpha value is -2.86. The topological polar surface area (TPSA) is 101 Å². The maximum Gasteiger partial charge on any atom is 0.252 e. The number of nitrogens with zero attached hydrogens (tertiary/aromatic N) is 1. The fraction of sp³-hybridized carbons (Fsp3) is 0.250. The van der Waals surface area contributed by atoms with E-state index in [-0.39, 0.29) is 5.91 Å². The minimum atomic E-state index is -0.515. The van der Waals surface area contributed by atoms with Gasteiger partial charge in [-0.2, -0.15) is 0 Å². The third-order valence-corrected chi connectivity index (χ3v) is 5.45. The van der Waals surface area contributed by atoms with Gasteiger partial charge >= 0.3 is 0 Å². The first-order valence-electron chi connectivity index (χ1n) is 8.77. The summed E-state index contributed by atoms with van der Waals surface area (Å²) in [6, 6.07) is 10.4. The number of primary amides is 1. The minimum Gasteiger partial charge on any atom is -0.366 e. The maximum atomic E-state index is 12.8. The summed E-state index contributed by atoms with van der Waals surface area (Å²) < 4.78 is 0. The normalized spacial score (nSPS) is 15.3. The smallest absolute Gasteiger partial charge is 0.252 e. The minimum absolute atomic E-state index is 0.202. The first-order valence-corrected chi connectivity index (χ1v) is 9.14. The van der Waals surface area contributed by atoms with Gasteiger partial charge in [-0.05, 0) is 68.1 Å². The summed E-state index contributed by atoms with van der Waals surface area (Å²) in [5.74, 6) is 0.0352. The van der Waals surface area contributed by atoms with E-state index in [0.717, 1.165) is 36.1 Å². The van der Waals surface area contributed by atoms with E-state index in [2.05, 4.69) is 15.3 Å². The van der Waals surface area contributed by atoms with Crippen LogP contribution in [0.3, 0.4) is 0 Å². The van der Waals surface area contributed by atoms with E-state index in [4.69, 9.17) is 17.3 Å². The molecule has 27 heavy (non-hydrogen) atoms. The fourth-order valence-electron chi connectivity index (χ4n) is 3.53. The highest BCUT2D eigenvalue weighted by Crippen LogP contribution is 2.41. The Labute approximate surface area is 161 Å². The molecule has 2 amide bonds. The number of hydrogen-bond acceptors (Lipinski definition) is 3. The second-order valence-corrected chi connectivity index (χ2v) is 7.47. The molecule has 1 saturated carbocycles. The van der Waals surface area contributed by atoms with Crippen molar-refractivity contribution in [2.45, 2.75) is 31.7 Å². The van der Waals surface area contributed by atoms with Crippen LogP contribution >= 0.6 is 11.6 Å². The molecule has 4 N–H and O–H groups in total. The van der Waals surface area contributed by atoms with Gasteiger partial charge in [-0.15, -0.1) is 0 Å². The van der Waals surface area contributed by atoms with Crippen molar-refractivity contribution in [3.8, 4) is 0 Å². The zero-order chi connectivity index (χ0) is 19.2. The van der Waals surface area contributed by atoms with E-state index in [1.807, 2.05) is 12.1 Å². The summed E-state index contributed by atoms with van der Waals surface area (Å²) in [6.07, 6.45) is 2.63. The van der Waals surface area contributed by atoms with Crippen LogP contribution < -0.4 is 11.1 Å². The van der Waals surface area contributed by atoms with Crippen LogP contribution in [-0.2, 0) is 5.54 Å². The summed E-state index contributed by atoms with van der Waals surface area (Å²) in [5.41, 5.74) is 8.07. The average molecular weight is 383 g/mol. The molecule has 138 valence electrons. The van der Waals surface area contributed by atoms with Gasteiger partial charge in [-0.3, -0.25) is 9.59 Å². The van der Waals surface area contributed by atoms with Crippen LogP contribution in [0.2, 0.25) is 5.02 Å². The van der Waals surface area contributed by atoms with Crippen LogP contribution in [0.15, 0.2) is 36.4 Å². The first kappa shape index (κ1) is 17.5. The average Bonchev–Trinajstić information content (AvgIpc) is 3.00. The molecule has 7 heteroatoms. The van der Waals surface area contributed by atoms with Gasteiger partial charge in [0.05, 0.1) is 16.6 Å². The van der Waals surface area contributed by atoms with Gasteiger partial charge in [-0.1, -0.05) is 11.6 Å². The highest BCUT2D eigenvalue weighted by atomic mass is 35.5. The number of aromatic nitrogens is 2. The molecule has 1 aliphatic rings. The van der Waals surface area contributed by atoms with Crippen molar-refractivity contribution in [1.82, 2.24) is 15.3 Å². The molecule has 0 atom stereocenters. The quantitative estimate of drug-likeness (QED) is 0.644. The van der Waals surface area contributed by atoms with Gasteiger partial charge in [0.25, 0.3) is 5.91 Å². The van der Waals surface area contributed by atoms with Crippen molar-refractivity contribution in [3.63, 3.8) is 0 Å². The Bertz CT molecular complexity index is 1070. The molecule has 6 nitrogen and oxygen atoms in total. The molecule has 1 aliphatic carbocycles. The molecule has 4 rings (SSSR count). The van der Waals surface area contributed by atoms with Gasteiger partial charge < -0.3 is 16.0 Å². The third-order valence-electron chi connectivity index (χ3n) is 5.21. The number of imidazole rings is 1. The lowest BCUT2D eigenvalue weighted by atomic mass is 9.76. The van der Waals surface area contributed by atoms with Crippen LogP contribution in [-0.4, -0.2) is 21.8 Å². The highest BCUT2D eigenvalue weighted by molar-refractivity contribution is 6.31. The van der Waals surface area contributed by atoms with Gasteiger partial charge in [-0.25, -0.2) is 4.98 Å². The molecule has 2 aromatic carbocycles. The van der Waals surface area contributed by atoms with Crippen molar-refractivity contribution in [1.29, 1.82) is 0 Å². The second-order valence-electron chi connectivity index (χ2n) is 7.03. The number of carbonyl (C=O) groups excluding carboxylic acids is 2. The number of carbonyl (C=O) groups is 2. The predicted molar refractivity (Wildman–Crippen MR) is 104 cm³/mol. The van der Waals surface area contributed by atoms with Crippen molar-refractivity contribution >= 4 is 34.4 Å². The Balaban J connectivity index is 1.63. The number of rotatable bonds is 4. The van der Waals surface area contributed by atoms with Gasteiger partial charge in [0.1, 0.15) is 5.82 Å². The van der Waals surface area contributed by atoms with E-state index in [1.165, 1.54) is 0 Å². The van der Waals surface area contributed by atoms with E-state index < -0.39 is 11.4 Å². The summed E-state index contributed by atoms with van der Waals surface area (Å²) in [5, 5.41) is 3.77.